The predicted octanol–water partition coefficient (Wildman–Crippen LogP) is 0.754. The third-order valence-electron chi connectivity index (χ3n) is 3.86. The summed E-state index contributed by atoms with van der Waals surface area (Å²) in [7, 11) is 0. The molecule has 0 aliphatic rings. The van der Waals surface area contributed by atoms with Crippen LogP contribution in [-0.2, 0) is 0 Å². The van der Waals surface area contributed by atoms with Gasteiger partial charge in [0, 0.05) is 24.5 Å². The second-order valence-electron chi connectivity index (χ2n) is 5.68. The van der Waals surface area contributed by atoms with Crippen LogP contribution < -0.4 is 16.6 Å². The van der Waals surface area contributed by atoms with E-state index in [9.17, 15) is 14.4 Å². The first-order valence-electron chi connectivity index (χ1n) is 8.15. The van der Waals surface area contributed by atoms with Crippen molar-refractivity contribution >= 4 is 11.7 Å². The highest BCUT2D eigenvalue weighted by atomic mass is 16.2. The molecule has 28 heavy (non-hydrogen) atoms. The molecule has 0 fully saturated rings. The molecule has 4 rings (SSSR count). The maximum absolute atomic E-state index is 12.5. The lowest BCUT2D eigenvalue weighted by molar-refractivity contribution is 0.102. The van der Waals surface area contributed by atoms with E-state index in [-0.39, 0.29) is 11.5 Å². The van der Waals surface area contributed by atoms with Crippen LogP contribution in [0.25, 0.3) is 11.5 Å². The average Bonchev–Trinajstić information content (AvgIpc) is 3.23. The molecule has 1 aromatic carbocycles. The molecule has 0 spiro atoms. The van der Waals surface area contributed by atoms with Crippen molar-refractivity contribution in [2.75, 3.05) is 5.32 Å². The fourth-order valence-corrected chi connectivity index (χ4v) is 2.57. The van der Waals surface area contributed by atoms with Crippen LogP contribution >= 0.6 is 0 Å². The lowest BCUT2D eigenvalue weighted by atomic mass is 10.3. The maximum Gasteiger partial charge on any atom is 0.333 e. The van der Waals surface area contributed by atoms with Crippen LogP contribution in [0.1, 0.15) is 10.5 Å². The number of aromatic amines is 1. The number of amides is 1. The maximum atomic E-state index is 12.5. The molecule has 0 atom stereocenters. The van der Waals surface area contributed by atoms with Crippen LogP contribution in [0, 0.1) is 0 Å². The third kappa shape index (κ3) is 3.33. The highest BCUT2D eigenvalue weighted by molar-refractivity contribution is 6.02. The Kier molecular flexibility index (Phi) is 4.34. The first kappa shape index (κ1) is 17.1. The molecule has 0 saturated heterocycles. The fourth-order valence-electron chi connectivity index (χ4n) is 2.57. The lowest BCUT2D eigenvalue weighted by Gasteiger charge is -2.08. The van der Waals surface area contributed by atoms with E-state index in [0.717, 1.165) is 10.6 Å². The number of hydrogen-bond donors (Lipinski definition) is 2. The third-order valence-corrected chi connectivity index (χ3v) is 3.86. The molecule has 0 radical (unpaired) electrons. The molecular weight excluding hydrogens is 362 g/mol. The number of nitrogens with one attached hydrogen (secondary N) is 2. The van der Waals surface area contributed by atoms with E-state index in [1.807, 2.05) is 0 Å². The van der Waals surface area contributed by atoms with Crippen LogP contribution in [0.5, 0.6) is 0 Å². The Morgan fingerprint density at radius 3 is 2.61 bits per heavy atom. The number of carbonyl (C=O) groups excluding carboxylic acids is 1. The molecule has 0 aliphatic carbocycles. The number of nitrogens with zero attached hydrogens (tertiary/aromatic N) is 5. The molecule has 10 nitrogen and oxygen atoms in total. The summed E-state index contributed by atoms with van der Waals surface area (Å²) in [5.74, 6) is 0.0252. The molecule has 0 bridgehead atoms. The molecule has 3 aromatic heterocycles. The summed E-state index contributed by atoms with van der Waals surface area (Å²) in [5.41, 5.74) is -1.11. The van der Waals surface area contributed by atoms with Crippen molar-refractivity contribution in [3.8, 4) is 11.5 Å². The van der Waals surface area contributed by atoms with Gasteiger partial charge in [0.15, 0.2) is 0 Å². The van der Waals surface area contributed by atoms with Gasteiger partial charge in [0.2, 0.25) is 0 Å². The van der Waals surface area contributed by atoms with Gasteiger partial charge in [-0.3, -0.25) is 14.2 Å². The number of benzene rings is 1. The highest BCUT2D eigenvalue weighted by Gasteiger charge is 2.13. The molecule has 1 amide bonds. The van der Waals surface area contributed by atoms with Gasteiger partial charge in [-0.2, -0.15) is 0 Å². The quantitative estimate of drug-likeness (QED) is 0.542. The lowest BCUT2D eigenvalue weighted by Crippen LogP contribution is -2.35. The first-order valence-corrected chi connectivity index (χ1v) is 8.15. The Hall–Kier alpha value is -4.34. The van der Waals surface area contributed by atoms with Crippen LogP contribution in [0.15, 0.2) is 77.1 Å². The number of H-pyrrole nitrogens is 1. The largest absolute Gasteiger partial charge is 0.333 e. The van der Waals surface area contributed by atoms with E-state index in [2.05, 4.69) is 25.3 Å². The predicted molar refractivity (Wildman–Crippen MR) is 99.8 cm³/mol. The van der Waals surface area contributed by atoms with Gasteiger partial charge in [-0.25, -0.2) is 24.3 Å². The van der Waals surface area contributed by atoms with Crippen LogP contribution in [-0.4, -0.2) is 35.0 Å². The summed E-state index contributed by atoms with van der Waals surface area (Å²) in [4.78, 5) is 51.5. The summed E-state index contributed by atoms with van der Waals surface area (Å²) < 4.78 is 2.58. The molecule has 2 N–H and O–H groups in total. The van der Waals surface area contributed by atoms with E-state index in [0.29, 0.717) is 11.5 Å². The topological polar surface area (TPSA) is 128 Å². The molecule has 0 unspecified atom stereocenters. The number of para-hydroxylation sites is 1. The van der Waals surface area contributed by atoms with E-state index in [1.165, 1.54) is 12.4 Å². The van der Waals surface area contributed by atoms with Gasteiger partial charge in [0.1, 0.15) is 30.0 Å². The summed E-state index contributed by atoms with van der Waals surface area (Å²) in [5, 5.41) is 2.53. The van der Waals surface area contributed by atoms with E-state index in [1.54, 1.807) is 53.6 Å². The second-order valence-corrected chi connectivity index (χ2v) is 5.68. The fraction of sp³-hybridized carbons (Fsp3) is 0. The molecule has 138 valence electrons. The van der Waals surface area contributed by atoms with Crippen molar-refractivity contribution < 1.29 is 4.79 Å². The monoisotopic (exact) mass is 375 g/mol. The van der Waals surface area contributed by atoms with Crippen molar-refractivity contribution in [3.63, 3.8) is 0 Å². The number of aromatic nitrogens is 6. The zero-order chi connectivity index (χ0) is 19.5. The van der Waals surface area contributed by atoms with Crippen molar-refractivity contribution in [2.45, 2.75) is 0 Å². The number of anilines is 1. The van der Waals surface area contributed by atoms with E-state index < -0.39 is 17.2 Å². The average molecular weight is 375 g/mol. The highest BCUT2D eigenvalue weighted by Crippen LogP contribution is 2.09. The van der Waals surface area contributed by atoms with Gasteiger partial charge < -0.3 is 10.3 Å². The smallest absolute Gasteiger partial charge is 0.305 e. The Balaban J connectivity index is 1.62. The van der Waals surface area contributed by atoms with Gasteiger partial charge in [-0.1, -0.05) is 18.2 Å². The number of carbonyl (C=O) groups is 1. The van der Waals surface area contributed by atoms with Crippen molar-refractivity contribution in [3.05, 3.63) is 94.0 Å². The SMILES string of the molecule is O=C(Nc1cc(-n2ccnc2)ncn1)c1cc(=O)n(-c2ccccc2)c(=O)[nH]1. The minimum atomic E-state index is -0.717. The normalized spacial score (nSPS) is 10.6. The first-order chi connectivity index (χ1) is 13.6. The molecule has 0 saturated carbocycles. The zero-order valence-corrected chi connectivity index (χ0v) is 14.3. The Bertz CT molecular complexity index is 1210. The van der Waals surface area contributed by atoms with E-state index >= 15 is 0 Å². The summed E-state index contributed by atoms with van der Waals surface area (Å²) in [6.45, 7) is 0. The Morgan fingerprint density at radius 2 is 1.89 bits per heavy atom. The van der Waals surface area contributed by atoms with Crippen LogP contribution in [0.3, 0.4) is 0 Å². The van der Waals surface area contributed by atoms with Crippen molar-refractivity contribution in [2.24, 2.45) is 0 Å². The summed E-state index contributed by atoms with van der Waals surface area (Å²) >= 11 is 0. The molecule has 3 heterocycles. The molecule has 4 aromatic rings. The minimum Gasteiger partial charge on any atom is -0.305 e. The number of rotatable bonds is 4. The zero-order valence-electron chi connectivity index (χ0n) is 14.3. The van der Waals surface area contributed by atoms with Gasteiger partial charge in [0.05, 0.1) is 5.69 Å². The molecule has 0 aliphatic heterocycles. The Labute approximate surface area is 157 Å². The number of hydrogen-bond acceptors (Lipinski definition) is 6. The van der Waals surface area contributed by atoms with Gasteiger partial charge >= 0.3 is 5.69 Å². The van der Waals surface area contributed by atoms with Crippen LogP contribution in [0.4, 0.5) is 5.82 Å². The summed E-state index contributed by atoms with van der Waals surface area (Å²) in [6, 6.07) is 11.0. The Morgan fingerprint density at radius 1 is 1.07 bits per heavy atom. The van der Waals surface area contributed by atoms with Gasteiger partial charge in [-0.05, 0) is 12.1 Å². The molecule has 10 heteroatoms. The summed E-state index contributed by atoms with van der Waals surface area (Å²) in [6.07, 6.45) is 6.11. The molecular formula is C18H13N7O3. The van der Waals surface area contributed by atoms with Crippen molar-refractivity contribution in [1.29, 1.82) is 0 Å². The number of imidazole rings is 1. The van der Waals surface area contributed by atoms with Crippen molar-refractivity contribution in [1.82, 2.24) is 29.1 Å². The second kappa shape index (κ2) is 7.11. The standard InChI is InChI=1S/C18H13N7O3/c26-16-8-13(22-18(28)25(16)12-4-2-1-3-5-12)17(27)23-14-9-15(21-10-20-14)24-7-6-19-11-24/h1-11H,(H,22,28)(H,20,21,23,27). The van der Waals surface area contributed by atoms with Gasteiger partial charge in [0.25, 0.3) is 11.5 Å². The minimum absolute atomic E-state index is 0.176. The van der Waals surface area contributed by atoms with Gasteiger partial charge in [-0.15, -0.1) is 0 Å². The van der Waals surface area contributed by atoms with E-state index in [4.69, 9.17) is 0 Å². The van der Waals surface area contributed by atoms with Crippen LogP contribution in [0.2, 0.25) is 0 Å².